The lowest BCUT2D eigenvalue weighted by Crippen LogP contribution is -2.28. The molecular weight excluding hydrogens is 274 g/mol. The molecule has 1 rings (SSSR count). The fraction of sp³-hybridized carbons (Fsp3) is 0.867. The minimum absolute atomic E-state index is 0.135. The van der Waals surface area contributed by atoms with Crippen molar-refractivity contribution in [2.75, 3.05) is 33.1 Å². The van der Waals surface area contributed by atoms with E-state index in [-0.39, 0.29) is 5.25 Å². The van der Waals surface area contributed by atoms with Gasteiger partial charge in [-0.15, -0.1) is 0 Å². The number of allylic oxidation sites excluding steroid dienone is 1. The third-order valence-electron chi connectivity index (χ3n) is 4.15. The molecule has 0 aromatic carbocycles. The van der Waals surface area contributed by atoms with E-state index in [1.807, 2.05) is 0 Å². The maximum absolute atomic E-state index is 11.7. The normalized spacial score (nSPS) is 24.9. The Balaban J connectivity index is 2.36. The lowest BCUT2D eigenvalue weighted by Gasteiger charge is -2.28. The van der Waals surface area contributed by atoms with Crippen LogP contribution >= 0.6 is 0 Å². The zero-order valence-electron chi connectivity index (χ0n) is 13.0. The fourth-order valence-electron chi connectivity index (χ4n) is 2.82. The van der Waals surface area contributed by atoms with E-state index in [1.54, 1.807) is 7.11 Å². The van der Waals surface area contributed by atoms with Crippen LogP contribution in [0.25, 0.3) is 0 Å². The SMILES string of the molecule is COCCNCC/C=C(/C)C1CCCC(S(C)(=O)=O)C1. The summed E-state index contributed by atoms with van der Waals surface area (Å²) < 4.78 is 28.3. The molecule has 0 spiro atoms. The second kappa shape index (κ2) is 8.80. The zero-order valence-corrected chi connectivity index (χ0v) is 13.8. The molecule has 1 aliphatic rings. The predicted octanol–water partition coefficient (Wildman–Crippen LogP) is 2.16. The predicted molar refractivity (Wildman–Crippen MR) is 83.7 cm³/mol. The summed E-state index contributed by atoms with van der Waals surface area (Å²) in [7, 11) is -1.18. The quantitative estimate of drug-likeness (QED) is 0.551. The monoisotopic (exact) mass is 303 g/mol. The van der Waals surface area contributed by atoms with E-state index in [4.69, 9.17) is 4.74 Å². The smallest absolute Gasteiger partial charge is 0.150 e. The van der Waals surface area contributed by atoms with Crippen LogP contribution in [0.1, 0.15) is 39.0 Å². The summed E-state index contributed by atoms with van der Waals surface area (Å²) >= 11 is 0. The molecule has 0 aromatic rings. The van der Waals surface area contributed by atoms with Crippen molar-refractivity contribution in [1.29, 1.82) is 0 Å². The summed E-state index contributed by atoms with van der Waals surface area (Å²) in [6.45, 7) is 4.71. The van der Waals surface area contributed by atoms with Crippen molar-refractivity contribution in [3.63, 3.8) is 0 Å². The third kappa shape index (κ3) is 6.37. The topological polar surface area (TPSA) is 55.4 Å². The molecular formula is C15H29NO3S. The first-order valence-corrected chi connectivity index (χ1v) is 9.45. The molecule has 20 heavy (non-hydrogen) atoms. The number of hydrogen-bond donors (Lipinski definition) is 1. The second-order valence-corrected chi connectivity index (χ2v) is 8.12. The summed E-state index contributed by atoms with van der Waals surface area (Å²) in [6, 6.07) is 0. The van der Waals surface area contributed by atoms with Gasteiger partial charge in [0.2, 0.25) is 0 Å². The summed E-state index contributed by atoms with van der Waals surface area (Å²) in [4.78, 5) is 0. The molecule has 0 bridgehead atoms. The lowest BCUT2D eigenvalue weighted by molar-refractivity contribution is 0.199. The Morgan fingerprint density at radius 1 is 1.35 bits per heavy atom. The van der Waals surface area contributed by atoms with Crippen molar-refractivity contribution in [2.24, 2.45) is 5.92 Å². The fourth-order valence-corrected chi connectivity index (χ4v) is 3.99. The summed E-state index contributed by atoms with van der Waals surface area (Å²) in [6.07, 6.45) is 8.42. The van der Waals surface area contributed by atoms with E-state index in [0.29, 0.717) is 5.92 Å². The van der Waals surface area contributed by atoms with E-state index >= 15 is 0 Å². The van der Waals surface area contributed by atoms with Gasteiger partial charge in [0, 0.05) is 19.9 Å². The first kappa shape index (κ1) is 17.7. The molecule has 1 saturated carbocycles. The molecule has 0 aliphatic heterocycles. The number of hydrogen-bond acceptors (Lipinski definition) is 4. The van der Waals surface area contributed by atoms with Gasteiger partial charge in [0.15, 0.2) is 0 Å². The highest BCUT2D eigenvalue weighted by molar-refractivity contribution is 7.91. The van der Waals surface area contributed by atoms with Crippen LogP contribution in [0.4, 0.5) is 0 Å². The van der Waals surface area contributed by atoms with Crippen molar-refractivity contribution in [1.82, 2.24) is 5.32 Å². The van der Waals surface area contributed by atoms with Gasteiger partial charge in [0.05, 0.1) is 11.9 Å². The van der Waals surface area contributed by atoms with E-state index in [9.17, 15) is 8.42 Å². The molecule has 2 atom stereocenters. The minimum atomic E-state index is -2.88. The number of nitrogens with one attached hydrogen (secondary N) is 1. The highest BCUT2D eigenvalue weighted by atomic mass is 32.2. The molecule has 1 fully saturated rings. The Morgan fingerprint density at radius 3 is 2.75 bits per heavy atom. The van der Waals surface area contributed by atoms with Gasteiger partial charge in [-0.1, -0.05) is 18.1 Å². The number of sulfone groups is 1. The Bertz CT molecular complexity index is 403. The van der Waals surface area contributed by atoms with Crippen LogP contribution in [-0.2, 0) is 14.6 Å². The molecule has 2 unspecified atom stereocenters. The van der Waals surface area contributed by atoms with Gasteiger partial charge in [-0.2, -0.15) is 0 Å². The van der Waals surface area contributed by atoms with Gasteiger partial charge in [-0.3, -0.25) is 0 Å². The van der Waals surface area contributed by atoms with Crippen LogP contribution in [0.2, 0.25) is 0 Å². The van der Waals surface area contributed by atoms with Crippen LogP contribution in [0.3, 0.4) is 0 Å². The van der Waals surface area contributed by atoms with Crippen molar-refractivity contribution >= 4 is 9.84 Å². The Hall–Kier alpha value is -0.390. The van der Waals surface area contributed by atoms with Crippen LogP contribution in [0.5, 0.6) is 0 Å². The first-order chi connectivity index (χ1) is 9.45. The zero-order chi connectivity index (χ0) is 15.0. The summed E-state index contributed by atoms with van der Waals surface area (Å²) in [5, 5.41) is 3.18. The molecule has 1 N–H and O–H groups in total. The average Bonchev–Trinajstić information content (AvgIpc) is 2.41. The molecule has 0 amide bonds. The van der Waals surface area contributed by atoms with Crippen LogP contribution < -0.4 is 5.32 Å². The summed E-state index contributed by atoms with van der Waals surface area (Å²) in [5.74, 6) is 0.447. The molecule has 0 saturated heterocycles. The van der Waals surface area contributed by atoms with E-state index < -0.39 is 9.84 Å². The largest absolute Gasteiger partial charge is 0.383 e. The van der Waals surface area contributed by atoms with E-state index in [1.165, 1.54) is 11.8 Å². The van der Waals surface area contributed by atoms with Gasteiger partial charge in [0.1, 0.15) is 9.84 Å². The molecule has 0 heterocycles. The Labute approximate surface area is 123 Å². The lowest BCUT2D eigenvalue weighted by atomic mass is 9.84. The van der Waals surface area contributed by atoms with Crippen molar-refractivity contribution < 1.29 is 13.2 Å². The Morgan fingerprint density at radius 2 is 2.10 bits per heavy atom. The van der Waals surface area contributed by atoms with Crippen LogP contribution in [0.15, 0.2) is 11.6 Å². The van der Waals surface area contributed by atoms with Gasteiger partial charge >= 0.3 is 0 Å². The number of methoxy groups -OCH3 is 1. The van der Waals surface area contributed by atoms with Crippen LogP contribution in [-0.4, -0.2) is 46.7 Å². The number of rotatable bonds is 8. The first-order valence-electron chi connectivity index (χ1n) is 7.50. The highest BCUT2D eigenvalue weighted by Gasteiger charge is 2.29. The van der Waals surface area contributed by atoms with Crippen molar-refractivity contribution in [3.8, 4) is 0 Å². The maximum Gasteiger partial charge on any atom is 0.150 e. The summed E-state index contributed by atoms with van der Waals surface area (Å²) in [5.41, 5.74) is 1.35. The van der Waals surface area contributed by atoms with Gasteiger partial charge < -0.3 is 10.1 Å². The Kier molecular flexibility index (Phi) is 7.77. The molecule has 1 aliphatic carbocycles. The molecule has 0 radical (unpaired) electrons. The molecule has 4 nitrogen and oxygen atoms in total. The van der Waals surface area contributed by atoms with E-state index in [2.05, 4.69) is 18.3 Å². The standard InChI is InChI=1S/C15H29NO3S/c1-13(6-5-9-16-10-11-19-2)14-7-4-8-15(12-14)20(3,17)18/h6,14-16H,4-5,7-12H2,1-3H3/b13-6-. The highest BCUT2D eigenvalue weighted by Crippen LogP contribution is 2.32. The van der Waals surface area contributed by atoms with Crippen molar-refractivity contribution in [2.45, 2.75) is 44.3 Å². The number of ether oxygens (including phenoxy) is 1. The van der Waals surface area contributed by atoms with Gasteiger partial charge in [-0.05, 0) is 45.1 Å². The van der Waals surface area contributed by atoms with Crippen molar-refractivity contribution in [3.05, 3.63) is 11.6 Å². The maximum atomic E-state index is 11.7. The second-order valence-electron chi connectivity index (χ2n) is 5.79. The van der Waals surface area contributed by atoms with Crippen LogP contribution in [0, 0.1) is 5.92 Å². The van der Waals surface area contributed by atoms with Gasteiger partial charge in [-0.25, -0.2) is 8.42 Å². The third-order valence-corrected chi connectivity index (χ3v) is 5.79. The minimum Gasteiger partial charge on any atom is -0.383 e. The molecule has 5 heteroatoms. The molecule has 118 valence electrons. The van der Waals surface area contributed by atoms with E-state index in [0.717, 1.165) is 51.8 Å². The van der Waals surface area contributed by atoms with Gasteiger partial charge in [0.25, 0.3) is 0 Å². The average molecular weight is 303 g/mol. The molecule has 0 aromatic heterocycles.